The minimum absolute atomic E-state index is 0.209. The first-order valence-corrected chi connectivity index (χ1v) is 10.2. The number of furan rings is 1. The normalized spacial score (nSPS) is 19.4. The van der Waals surface area contributed by atoms with Gasteiger partial charge in [0.1, 0.15) is 11.5 Å². The molecule has 1 aliphatic rings. The van der Waals surface area contributed by atoms with Gasteiger partial charge in [-0.3, -0.25) is 0 Å². The Kier molecular flexibility index (Phi) is 5.53. The molecule has 0 bridgehead atoms. The zero-order chi connectivity index (χ0) is 18.0. The third-order valence-electron chi connectivity index (χ3n) is 4.51. The van der Waals surface area contributed by atoms with Crippen molar-refractivity contribution in [2.75, 3.05) is 20.1 Å². The van der Waals surface area contributed by atoms with Crippen LogP contribution in [-0.2, 0) is 16.8 Å². The SMILES string of the molecule is CC1CCCN(S(=O)(=O)N(C)Cc2ccc(-c3ccc(Cl)cc3)o2)C1. The zero-order valence-corrected chi connectivity index (χ0v) is 16.1. The molecule has 7 heteroatoms. The van der Waals surface area contributed by atoms with E-state index in [2.05, 4.69) is 6.92 Å². The van der Waals surface area contributed by atoms with Gasteiger partial charge in [-0.05, 0) is 55.2 Å². The van der Waals surface area contributed by atoms with Gasteiger partial charge in [-0.2, -0.15) is 17.0 Å². The highest BCUT2D eigenvalue weighted by atomic mass is 35.5. The average molecular weight is 383 g/mol. The van der Waals surface area contributed by atoms with Crippen molar-refractivity contribution in [1.29, 1.82) is 0 Å². The summed E-state index contributed by atoms with van der Waals surface area (Å²) in [6, 6.07) is 11.0. The maximum atomic E-state index is 12.7. The highest BCUT2D eigenvalue weighted by Crippen LogP contribution is 2.26. The Morgan fingerprint density at radius 2 is 1.96 bits per heavy atom. The van der Waals surface area contributed by atoms with E-state index in [0.717, 1.165) is 18.4 Å². The molecule has 1 fully saturated rings. The number of rotatable bonds is 5. The van der Waals surface area contributed by atoms with E-state index in [-0.39, 0.29) is 6.54 Å². The molecule has 136 valence electrons. The summed E-state index contributed by atoms with van der Waals surface area (Å²) < 4.78 is 34.2. The lowest BCUT2D eigenvalue weighted by Gasteiger charge is -2.32. The molecule has 25 heavy (non-hydrogen) atoms. The molecule has 1 aromatic carbocycles. The predicted molar refractivity (Wildman–Crippen MR) is 99.5 cm³/mol. The molecule has 0 N–H and O–H groups in total. The molecule has 5 nitrogen and oxygen atoms in total. The summed E-state index contributed by atoms with van der Waals surface area (Å²) in [5.74, 6) is 1.71. The molecule has 0 spiro atoms. The van der Waals surface area contributed by atoms with Gasteiger partial charge in [0.25, 0.3) is 10.2 Å². The molecular formula is C18H23ClN2O3S. The van der Waals surface area contributed by atoms with Gasteiger partial charge >= 0.3 is 0 Å². The summed E-state index contributed by atoms with van der Waals surface area (Å²) in [4.78, 5) is 0. The van der Waals surface area contributed by atoms with Crippen molar-refractivity contribution in [3.05, 3.63) is 47.2 Å². The lowest BCUT2D eigenvalue weighted by Crippen LogP contribution is -2.45. The maximum absolute atomic E-state index is 12.7. The van der Waals surface area contributed by atoms with Gasteiger partial charge in [0.2, 0.25) is 0 Å². The molecule has 2 heterocycles. The van der Waals surface area contributed by atoms with Crippen molar-refractivity contribution in [1.82, 2.24) is 8.61 Å². The molecule has 0 amide bonds. The molecule has 1 atom stereocenters. The summed E-state index contributed by atoms with van der Waals surface area (Å²) >= 11 is 5.90. The maximum Gasteiger partial charge on any atom is 0.282 e. The number of piperidine rings is 1. The van der Waals surface area contributed by atoms with Gasteiger partial charge < -0.3 is 4.42 Å². The first-order chi connectivity index (χ1) is 11.9. The Balaban J connectivity index is 1.70. The van der Waals surface area contributed by atoms with E-state index < -0.39 is 10.2 Å². The summed E-state index contributed by atoms with van der Waals surface area (Å²) in [7, 11) is -1.87. The molecule has 1 unspecified atom stereocenters. The highest BCUT2D eigenvalue weighted by molar-refractivity contribution is 7.86. The van der Waals surface area contributed by atoms with Gasteiger partial charge in [-0.25, -0.2) is 0 Å². The van der Waals surface area contributed by atoms with Crippen LogP contribution >= 0.6 is 11.6 Å². The van der Waals surface area contributed by atoms with E-state index in [1.54, 1.807) is 23.5 Å². The fraction of sp³-hybridized carbons (Fsp3) is 0.444. The van der Waals surface area contributed by atoms with Crippen molar-refractivity contribution in [2.24, 2.45) is 5.92 Å². The Morgan fingerprint density at radius 3 is 2.64 bits per heavy atom. The molecule has 3 rings (SSSR count). The fourth-order valence-corrected chi connectivity index (χ4v) is 4.70. The van der Waals surface area contributed by atoms with Crippen molar-refractivity contribution in [3.8, 4) is 11.3 Å². The van der Waals surface area contributed by atoms with Crippen molar-refractivity contribution in [3.63, 3.8) is 0 Å². The molecule has 0 radical (unpaired) electrons. The van der Waals surface area contributed by atoms with Gasteiger partial charge in [0.05, 0.1) is 6.54 Å². The number of halogens is 1. The molecule has 1 aromatic heterocycles. The van der Waals surface area contributed by atoms with Crippen LogP contribution in [0.2, 0.25) is 5.02 Å². The van der Waals surface area contributed by atoms with Crippen LogP contribution in [0.1, 0.15) is 25.5 Å². The lowest BCUT2D eigenvalue weighted by molar-refractivity contribution is 0.260. The van der Waals surface area contributed by atoms with E-state index in [1.165, 1.54) is 4.31 Å². The molecule has 0 aliphatic carbocycles. The van der Waals surface area contributed by atoms with Crippen LogP contribution in [0.4, 0.5) is 0 Å². The van der Waals surface area contributed by atoms with Crippen LogP contribution in [0.5, 0.6) is 0 Å². The topological polar surface area (TPSA) is 53.8 Å². The predicted octanol–water partition coefficient (Wildman–Crippen LogP) is 4.01. The largest absolute Gasteiger partial charge is 0.460 e. The van der Waals surface area contributed by atoms with Crippen LogP contribution in [0.3, 0.4) is 0 Å². The summed E-state index contributed by atoms with van der Waals surface area (Å²) in [6.07, 6.45) is 1.99. The Morgan fingerprint density at radius 1 is 1.24 bits per heavy atom. The smallest absolute Gasteiger partial charge is 0.282 e. The first kappa shape index (κ1) is 18.5. The second-order valence-electron chi connectivity index (χ2n) is 6.64. The molecule has 0 saturated carbocycles. The average Bonchev–Trinajstić information content (AvgIpc) is 3.04. The van der Waals surface area contributed by atoms with E-state index in [9.17, 15) is 8.42 Å². The molecule has 2 aromatic rings. The summed E-state index contributed by atoms with van der Waals surface area (Å²) in [5, 5.41) is 0.664. The minimum Gasteiger partial charge on any atom is -0.460 e. The van der Waals surface area contributed by atoms with Crippen molar-refractivity contribution < 1.29 is 12.8 Å². The van der Waals surface area contributed by atoms with Crippen LogP contribution in [0.15, 0.2) is 40.8 Å². The van der Waals surface area contributed by atoms with Crippen molar-refractivity contribution in [2.45, 2.75) is 26.3 Å². The fourth-order valence-electron chi connectivity index (χ4n) is 3.09. The number of hydrogen-bond donors (Lipinski definition) is 0. The second kappa shape index (κ2) is 7.50. The van der Waals surface area contributed by atoms with E-state index in [1.807, 2.05) is 24.3 Å². The van der Waals surface area contributed by atoms with Crippen LogP contribution in [0, 0.1) is 5.92 Å². The number of hydrogen-bond acceptors (Lipinski definition) is 3. The second-order valence-corrected chi connectivity index (χ2v) is 9.11. The third kappa shape index (κ3) is 4.26. The molecular weight excluding hydrogens is 360 g/mol. The van der Waals surface area contributed by atoms with E-state index in [0.29, 0.717) is 35.6 Å². The lowest BCUT2D eigenvalue weighted by atomic mass is 10.0. The van der Waals surface area contributed by atoms with Crippen LogP contribution < -0.4 is 0 Å². The number of nitrogens with zero attached hydrogens (tertiary/aromatic N) is 2. The molecule has 1 aliphatic heterocycles. The Labute approximate surface area is 154 Å². The minimum atomic E-state index is -3.46. The Bertz CT molecular complexity index is 817. The molecule has 1 saturated heterocycles. The van der Waals surface area contributed by atoms with Gasteiger partial charge in [0, 0.05) is 30.7 Å². The monoisotopic (exact) mass is 382 g/mol. The van der Waals surface area contributed by atoms with E-state index in [4.69, 9.17) is 16.0 Å². The number of benzene rings is 1. The van der Waals surface area contributed by atoms with Gasteiger partial charge in [0.15, 0.2) is 0 Å². The van der Waals surface area contributed by atoms with Crippen LogP contribution in [-0.4, -0.2) is 37.2 Å². The van der Waals surface area contributed by atoms with Gasteiger partial charge in [-0.1, -0.05) is 18.5 Å². The Hall–Kier alpha value is -1.34. The van der Waals surface area contributed by atoms with Gasteiger partial charge in [-0.15, -0.1) is 0 Å². The summed E-state index contributed by atoms with van der Waals surface area (Å²) in [6.45, 7) is 3.47. The quantitative estimate of drug-likeness (QED) is 0.785. The highest BCUT2D eigenvalue weighted by Gasteiger charge is 2.30. The third-order valence-corrected chi connectivity index (χ3v) is 6.66. The first-order valence-electron chi connectivity index (χ1n) is 8.42. The zero-order valence-electron chi connectivity index (χ0n) is 14.5. The standard InChI is InChI=1S/C18H23ClN2O3S/c1-14-4-3-11-21(12-14)25(22,23)20(2)13-17-9-10-18(24-17)15-5-7-16(19)8-6-15/h5-10,14H,3-4,11-13H2,1-2H3. The van der Waals surface area contributed by atoms with E-state index >= 15 is 0 Å². The van der Waals surface area contributed by atoms with Crippen LogP contribution in [0.25, 0.3) is 11.3 Å². The van der Waals surface area contributed by atoms with Crippen molar-refractivity contribution >= 4 is 21.8 Å². The summed E-state index contributed by atoms with van der Waals surface area (Å²) in [5.41, 5.74) is 0.908.